The van der Waals surface area contributed by atoms with Crippen LogP contribution in [0.15, 0.2) is 66.7 Å². The number of methoxy groups -OCH3 is 1. The third kappa shape index (κ3) is 5.44. The van der Waals surface area contributed by atoms with Crippen molar-refractivity contribution in [2.24, 2.45) is 0 Å². The highest BCUT2D eigenvalue weighted by Gasteiger charge is 2.15. The third-order valence-corrected chi connectivity index (χ3v) is 5.90. The summed E-state index contributed by atoms with van der Waals surface area (Å²) in [4.78, 5) is 7.07. The van der Waals surface area contributed by atoms with Crippen LogP contribution in [0, 0.1) is 0 Å². The molecule has 32 heavy (non-hydrogen) atoms. The van der Waals surface area contributed by atoms with Crippen molar-refractivity contribution >= 4 is 51.5 Å². The van der Waals surface area contributed by atoms with Crippen molar-refractivity contribution in [3.05, 3.63) is 77.3 Å². The molecular formula is C26H29Cl2N3O. The molecule has 0 fully saturated rings. The number of halogens is 2. The Balaban J connectivity index is 0.00000289. The van der Waals surface area contributed by atoms with Gasteiger partial charge >= 0.3 is 0 Å². The number of benzene rings is 3. The Morgan fingerprint density at radius 1 is 0.969 bits per heavy atom. The maximum absolute atomic E-state index is 6.26. The standard InChI is InChI=1S/C26H28ClN3O.ClH/c1-30(2)14-13-19(18-7-5-4-6-8-18)17-28-26-22-11-9-20(27)15-25(22)29-24-12-10-21(31-3)16-23(24)26;/h4-12,15-16,19H,13-14,17H2,1-3H3,(H,28,29);1H. The van der Waals surface area contributed by atoms with E-state index in [-0.39, 0.29) is 12.4 Å². The third-order valence-electron chi connectivity index (χ3n) is 5.66. The number of ether oxygens (including phenoxy) is 1. The minimum Gasteiger partial charge on any atom is -0.497 e. The van der Waals surface area contributed by atoms with Crippen molar-refractivity contribution in [3.63, 3.8) is 0 Å². The molecule has 0 amide bonds. The molecule has 0 radical (unpaired) electrons. The van der Waals surface area contributed by atoms with Crippen LogP contribution >= 0.6 is 24.0 Å². The molecule has 168 valence electrons. The predicted octanol–water partition coefficient (Wildman–Crippen LogP) is 6.62. The van der Waals surface area contributed by atoms with Crippen LogP contribution in [0.2, 0.25) is 5.02 Å². The average molecular weight is 470 g/mol. The molecule has 0 aliphatic rings. The van der Waals surface area contributed by atoms with E-state index in [1.54, 1.807) is 7.11 Å². The van der Waals surface area contributed by atoms with Gasteiger partial charge in [-0.15, -0.1) is 12.4 Å². The van der Waals surface area contributed by atoms with Crippen LogP contribution < -0.4 is 10.1 Å². The van der Waals surface area contributed by atoms with Gasteiger partial charge in [-0.05, 0) is 69.0 Å². The lowest BCUT2D eigenvalue weighted by molar-refractivity contribution is 0.383. The smallest absolute Gasteiger partial charge is 0.119 e. The molecule has 1 aromatic heterocycles. The van der Waals surface area contributed by atoms with E-state index in [1.165, 1.54) is 5.56 Å². The number of anilines is 1. The zero-order valence-electron chi connectivity index (χ0n) is 18.6. The van der Waals surface area contributed by atoms with Gasteiger partial charge in [0.15, 0.2) is 0 Å². The fourth-order valence-corrected chi connectivity index (χ4v) is 4.13. The van der Waals surface area contributed by atoms with E-state index in [9.17, 15) is 0 Å². The monoisotopic (exact) mass is 469 g/mol. The highest BCUT2D eigenvalue weighted by Crippen LogP contribution is 2.35. The van der Waals surface area contributed by atoms with Gasteiger partial charge in [0.2, 0.25) is 0 Å². The van der Waals surface area contributed by atoms with Gasteiger partial charge < -0.3 is 15.0 Å². The first-order valence-corrected chi connectivity index (χ1v) is 10.9. The molecule has 3 aromatic carbocycles. The molecule has 1 heterocycles. The van der Waals surface area contributed by atoms with E-state index in [0.717, 1.165) is 52.8 Å². The molecular weight excluding hydrogens is 441 g/mol. The highest BCUT2D eigenvalue weighted by atomic mass is 35.5. The predicted molar refractivity (Wildman–Crippen MR) is 139 cm³/mol. The van der Waals surface area contributed by atoms with E-state index in [0.29, 0.717) is 10.9 Å². The number of rotatable bonds is 8. The highest BCUT2D eigenvalue weighted by molar-refractivity contribution is 6.31. The van der Waals surface area contributed by atoms with Crippen LogP contribution in [-0.4, -0.2) is 44.2 Å². The number of fused-ring (bicyclic) bond motifs is 2. The van der Waals surface area contributed by atoms with Gasteiger partial charge in [-0.25, -0.2) is 4.98 Å². The Labute approximate surface area is 201 Å². The molecule has 0 spiro atoms. The maximum Gasteiger partial charge on any atom is 0.119 e. The van der Waals surface area contributed by atoms with Crippen molar-refractivity contribution in [2.45, 2.75) is 12.3 Å². The van der Waals surface area contributed by atoms with Crippen LogP contribution in [0.3, 0.4) is 0 Å². The van der Waals surface area contributed by atoms with E-state index in [2.05, 4.69) is 60.7 Å². The molecule has 4 nitrogen and oxygen atoms in total. The zero-order valence-corrected chi connectivity index (χ0v) is 20.2. The number of hydrogen-bond donors (Lipinski definition) is 1. The SMILES string of the molecule is COc1ccc2nc3cc(Cl)ccc3c(NCC(CCN(C)C)c3ccccc3)c2c1.Cl. The van der Waals surface area contributed by atoms with Gasteiger partial charge in [0.25, 0.3) is 0 Å². The van der Waals surface area contributed by atoms with Gasteiger partial charge in [-0.2, -0.15) is 0 Å². The van der Waals surface area contributed by atoms with Crippen molar-refractivity contribution in [1.29, 1.82) is 0 Å². The summed E-state index contributed by atoms with van der Waals surface area (Å²) < 4.78 is 5.49. The lowest BCUT2D eigenvalue weighted by atomic mass is 9.95. The minimum atomic E-state index is 0. The number of aromatic nitrogens is 1. The molecule has 0 bridgehead atoms. The normalized spacial score (nSPS) is 12.0. The van der Waals surface area contributed by atoms with Crippen molar-refractivity contribution in [1.82, 2.24) is 9.88 Å². The lowest BCUT2D eigenvalue weighted by Gasteiger charge is -2.22. The lowest BCUT2D eigenvalue weighted by Crippen LogP contribution is -2.20. The molecule has 4 aromatic rings. The van der Waals surface area contributed by atoms with Crippen molar-refractivity contribution in [3.8, 4) is 5.75 Å². The second kappa shape index (κ2) is 10.9. The molecule has 1 N–H and O–H groups in total. The summed E-state index contributed by atoms with van der Waals surface area (Å²) in [6.07, 6.45) is 1.07. The molecule has 1 unspecified atom stereocenters. The summed E-state index contributed by atoms with van der Waals surface area (Å²) in [6, 6.07) is 22.6. The Kier molecular flexibility index (Phi) is 8.19. The summed E-state index contributed by atoms with van der Waals surface area (Å²) in [6.45, 7) is 1.86. The minimum absolute atomic E-state index is 0. The Morgan fingerprint density at radius 2 is 1.75 bits per heavy atom. The molecule has 0 aliphatic heterocycles. The average Bonchev–Trinajstić information content (AvgIpc) is 2.78. The van der Waals surface area contributed by atoms with Gasteiger partial charge in [0.05, 0.1) is 23.8 Å². The van der Waals surface area contributed by atoms with E-state index >= 15 is 0 Å². The van der Waals surface area contributed by atoms with Crippen LogP contribution in [0.5, 0.6) is 5.75 Å². The molecule has 0 saturated heterocycles. The van der Waals surface area contributed by atoms with Gasteiger partial charge in [-0.1, -0.05) is 41.9 Å². The second-order valence-corrected chi connectivity index (χ2v) is 8.55. The van der Waals surface area contributed by atoms with Crippen LogP contribution in [0.4, 0.5) is 5.69 Å². The maximum atomic E-state index is 6.26. The first-order chi connectivity index (χ1) is 15.0. The van der Waals surface area contributed by atoms with Crippen LogP contribution in [0.1, 0.15) is 17.9 Å². The van der Waals surface area contributed by atoms with E-state index < -0.39 is 0 Å². The van der Waals surface area contributed by atoms with E-state index in [1.807, 2.05) is 30.3 Å². The number of pyridine rings is 1. The fourth-order valence-electron chi connectivity index (χ4n) is 3.96. The summed E-state index contributed by atoms with van der Waals surface area (Å²) in [5.41, 5.74) is 4.22. The first kappa shape index (κ1) is 24.1. The largest absolute Gasteiger partial charge is 0.497 e. The number of nitrogens with one attached hydrogen (secondary N) is 1. The summed E-state index contributed by atoms with van der Waals surface area (Å²) in [7, 11) is 5.93. The van der Waals surface area contributed by atoms with Gasteiger partial charge in [0.1, 0.15) is 5.75 Å². The van der Waals surface area contributed by atoms with Gasteiger partial charge in [-0.3, -0.25) is 0 Å². The van der Waals surface area contributed by atoms with Crippen molar-refractivity contribution < 1.29 is 4.74 Å². The summed E-state index contributed by atoms with van der Waals surface area (Å²) in [5.74, 6) is 1.21. The summed E-state index contributed by atoms with van der Waals surface area (Å²) >= 11 is 6.26. The number of nitrogens with zero attached hydrogens (tertiary/aromatic N) is 2. The first-order valence-electron chi connectivity index (χ1n) is 10.6. The van der Waals surface area contributed by atoms with Crippen molar-refractivity contribution in [2.75, 3.05) is 39.6 Å². The topological polar surface area (TPSA) is 37.4 Å². The molecule has 6 heteroatoms. The second-order valence-electron chi connectivity index (χ2n) is 8.11. The Bertz CT molecular complexity index is 1180. The Morgan fingerprint density at radius 3 is 2.47 bits per heavy atom. The summed E-state index contributed by atoms with van der Waals surface area (Å²) in [5, 5.41) is 6.56. The molecule has 0 saturated carbocycles. The molecule has 0 aliphatic carbocycles. The zero-order chi connectivity index (χ0) is 21.8. The van der Waals surface area contributed by atoms with E-state index in [4.69, 9.17) is 21.3 Å². The fraction of sp³-hybridized carbons (Fsp3) is 0.269. The quantitative estimate of drug-likeness (QED) is 0.294. The van der Waals surface area contributed by atoms with Crippen LogP contribution in [0.25, 0.3) is 21.8 Å². The Hall–Kier alpha value is -2.53. The molecule has 4 rings (SSSR count). The molecule has 1 atom stereocenters. The number of hydrogen-bond acceptors (Lipinski definition) is 4. The van der Waals surface area contributed by atoms with Crippen LogP contribution in [-0.2, 0) is 0 Å². The van der Waals surface area contributed by atoms with Gasteiger partial charge in [0, 0.05) is 28.3 Å².